The normalized spacial score (nSPS) is 16.3. The maximum Gasteiger partial charge on any atom is 0.241 e. The standard InChI is InChI=1S/C23H23ClN4O4/c24-18-4-2-1-3-17(18)22-26-21(32-27-22)13-28-9-7-16(8-10-28)23(29)25-12-15-5-6-19-20(11-15)31-14-30-19/h1-6,11,16H,7-10,12-14H2,(H,25,29). The molecule has 1 saturated heterocycles. The number of rotatable bonds is 6. The lowest BCUT2D eigenvalue weighted by atomic mass is 9.96. The second kappa shape index (κ2) is 9.18. The second-order valence-corrected chi connectivity index (χ2v) is 8.35. The Balaban J connectivity index is 1.10. The third kappa shape index (κ3) is 4.56. The van der Waals surface area contributed by atoms with E-state index in [1.165, 1.54) is 0 Å². The molecule has 2 aromatic carbocycles. The van der Waals surface area contributed by atoms with Gasteiger partial charge in [0.2, 0.25) is 24.4 Å². The van der Waals surface area contributed by atoms with E-state index in [2.05, 4.69) is 20.4 Å². The molecular formula is C23H23ClN4O4. The van der Waals surface area contributed by atoms with Gasteiger partial charge in [0.1, 0.15) is 0 Å². The number of likely N-dealkylation sites (tertiary alicyclic amines) is 1. The molecule has 0 saturated carbocycles. The number of amides is 1. The van der Waals surface area contributed by atoms with Crippen molar-refractivity contribution < 1.29 is 18.8 Å². The first-order chi connectivity index (χ1) is 15.7. The van der Waals surface area contributed by atoms with Crippen molar-refractivity contribution >= 4 is 17.5 Å². The van der Waals surface area contributed by atoms with Gasteiger partial charge in [-0.3, -0.25) is 9.69 Å². The van der Waals surface area contributed by atoms with Gasteiger partial charge in [0, 0.05) is 18.0 Å². The van der Waals surface area contributed by atoms with Crippen LogP contribution in [0.5, 0.6) is 11.5 Å². The van der Waals surface area contributed by atoms with Crippen LogP contribution in [-0.2, 0) is 17.9 Å². The maximum absolute atomic E-state index is 12.6. The molecule has 1 fully saturated rings. The third-order valence-electron chi connectivity index (χ3n) is 5.80. The van der Waals surface area contributed by atoms with Gasteiger partial charge < -0.3 is 19.3 Å². The molecule has 166 valence electrons. The second-order valence-electron chi connectivity index (χ2n) is 7.95. The molecule has 0 bridgehead atoms. The van der Waals surface area contributed by atoms with Gasteiger partial charge in [-0.15, -0.1) is 0 Å². The summed E-state index contributed by atoms with van der Waals surface area (Å²) in [7, 11) is 0. The van der Waals surface area contributed by atoms with Crippen molar-refractivity contribution in [2.24, 2.45) is 5.92 Å². The fraction of sp³-hybridized carbons (Fsp3) is 0.348. The minimum Gasteiger partial charge on any atom is -0.454 e. The van der Waals surface area contributed by atoms with Crippen LogP contribution in [0.3, 0.4) is 0 Å². The summed E-state index contributed by atoms with van der Waals surface area (Å²) < 4.78 is 16.1. The Kier molecular flexibility index (Phi) is 5.96. The topological polar surface area (TPSA) is 89.7 Å². The van der Waals surface area contributed by atoms with Crippen molar-refractivity contribution in [3.8, 4) is 22.9 Å². The maximum atomic E-state index is 12.6. The summed E-state index contributed by atoms with van der Waals surface area (Å²) >= 11 is 6.21. The van der Waals surface area contributed by atoms with Gasteiger partial charge >= 0.3 is 0 Å². The summed E-state index contributed by atoms with van der Waals surface area (Å²) in [5.41, 5.74) is 1.74. The van der Waals surface area contributed by atoms with E-state index in [9.17, 15) is 4.79 Å². The highest BCUT2D eigenvalue weighted by atomic mass is 35.5. The molecule has 3 aromatic rings. The van der Waals surface area contributed by atoms with Crippen LogP contribution < -0.4 is 14.8 Å². The molecule has 8 nitrogen and oxygen atoms in total. The van der Waals surface area contributed by atoms with Crippen LogP contribution in [0.15, 0.2) is 47.0 Å². The number of hydrogen-bond acceptors (Lipinski definition) is 7. The lowest BCUT2D eigenvalue weighted by molar-refractivity contribution is -0.126. The van der Waals surface area contributed by atoms with Gasteiger partial charge in [-0.1, -0.05) is 35.0 Å². The molecule has 0 spiro atoms. The molecule has 0 aliphatic carbocycles. The third-order valence-corrected chi connectivity index (χ3v) is 6.13. The molecule has 1 amide bonds. The molecule has 9 heteroatoms. The monoisotopic (exact) mass is 454 g/mol. The molecule has 5 rings (SSSR count). The summed E-state index contributed by atoms with van der Waals surface area (Å²) in [4.78, 5) is 19.3. The van der Waals surface area contributed by atoms with Crippen LogP contribution in [0, 0.1) is 5.92 Å². The number of benzene rings is 2. The van der Waals surface area contributed by atoms with Gasteiger partial charge in [-0.25, -0.2) is 0 Å². The highest BCUT2D eigenvalue weighted by Crippen LogP contribution is 2.32. The summed E-state index contributed by atoms with van der Waals surface area (Å²) in [6.45, 7) is 2.87. The van der Waals surface area contributed by atoms with Gasteiger partial charge in [0.15, 0.2) is 11.5 Å². The van der Waals surface area contributed by atoms with Crippen LogP contribution in [-0.4, -0.2) is 40.8 Å². The Bertz CT molecular complexity index is 1110. The molecule has 3 heterocycles. The van der Waals surface area contributed by atoms with Crippen molar-refractivity contribution in [1.29, 1.82) is 0 Å². The van der Waals surface area contributed by atoms with E-state index in [4.69, 9.17) is 25.6 Å². The number of piperidine rings is 1. The van der Waals surface area contributed by atoms with E-state index in [0.717, 1.165) is 48.6 Å². The Morgan fingerprint density at radius 3 is 2.78 bits per heavy atom. The molecule has 0 unspecified atom stereocenters. The van der Waals surface area contributed by atoms with Crippen LogP contribution in [0.25, 0.3) is 11.4 Å². The number of nitrogens with zero attached hydrogens (tertiary/aromatic N) is 3. The smallest absolute Gasteiger partial charge is 0.241 e. The summed E-state index contributed by atoms with van der Waals surface area (Å²) in [6, 6.07) is 13.1. The average Bonchev–Trinajstić information content (AvgIpc) is 3.47. The fourth-order valence-corrected chi connectivity index (χ4v) is 4.22. The van der Waals surface area contributed by atoms with Crippen molar-refractivity contribution in [1.82, 2.24) is 20.4 Å². The molecule has 1 aromatic heterocycles. The predicted molar refractivity (Wildman–Crippen MR) is 117 cm³/mol. The number of halogens is 1. The van der Waals surface area contributed by atoms with E-state index in [0.29, 0.717) is 29.8 Å². The zero-order valence-corrected chi connectivity index (χ0v) is 18.2. The lowest BCUT2D eigenvalue weighted by Gasteiger charge is -2.30. The lowest BCUT2D eigenvalue weighted by Crippen LogP contribution is -2.40. The van der Waals surface area contributed by atoms with Crippen LogP contribution in [0.4, 0.5) is 0 Å². The van der Waals surface area contributed by atoms with Crippen molar-refractivity contribution in [2.45, 2.75) is 25.9 Å². The number of carbonyl (C=O) groups is 1. The van der Waals surface area contributed by atoms with Crippen LogP contribution in [0.1, 0.15) is 24.3 Å². The fourth-order valence-electron chi connectivity index (χ4n) is 4.00. The minimum absolute atomic E-state index is 0.00151. The Labute approximate surface area is 190 Å². The molecule has 0 radical (unpaired) electrons. The Morgan fingerprint density at radius 2 is 1.94 bits per heavy atom. The van der Waals surface area contributed by atoms with E-state index in [1.54, 1.807) is 6.07 Å². The van der Waals surface area contributed by atoms with Crippen molar-refractivity contribution in [3.63, 3.8) is 0 Å². The van der Waals surface area contributed by atoms with Crippen LogP contribution >= 0.6 is 11.6 Å². The molecular weight excluding hydrogens is 432 g/mol. The largest absolute Gasteiger partial charge is 0.454 e. The predicted octanol–water partition coefficient (Wildman–Crippen LogP) is 3.65. The average molecular weight is 455 g/mol. The molecule has 2 aliphatic heterocycles. The first kappa shape index (κ1) is 20.8. The summed E-state index contributed by atoms with van der Waals surface area (Å²) in [5.74, 6) is 2.59. The van der Waals surface area contributed by atoms with Gasteiger partial charge in [-0.2, -0.15) is 4.98 Å². The highest BCUT2D eigenvalue weighted by molar-refractivity contribution is 6.33. The quantitative estimate of drug-likeness (QED) is 0.608. The molecule has 2 aliphatic rings. The van der Waals surface area contributed by atoms with Gasteiger partial charge in [0.25, 0.3) is 0 Å². The zero-order valence-electron chi connectivity index (χ0n) is 17.4. The van der Waals surface area contributed by atoms with E-state index in [1.807, 2.05) is 36.4 Å². The van der Waals surface area contributed by atoms with Crippen molar-refractivity contribution in [2.75, 3.05) is 19.9 Å². The Morgan fingerprint density at radius 1 is 1.12 bits per heavy atom. The number of ether oxygens (including phenoxy) is 2. The first-order valence-electron chi connectivity index (χ1n) is 10.6. The van der Waals surface area contributed by atoms with Gasteiger partial charge in [-0.05, 0) is 55.8 Å². The molecule has 1 N–H and O–H groups in total. The molecule has 32 heavy (non-hydrogen) atoms. The number of aromatic nitrogens is 2. The SMILES string of the molecule is O=C(NCc1ccc2c(c1)OCO2)C1CCN(Cc2nc(-c3ccccc3Cl)no2)CC1. The van der Waals surface area contributed by atoms with Crippen molar-refractivity contribution in [3.05, 3.63) is 58.9 Å². The number of carbonyl (C=O) groups excluding carboxylic acids is 1. The Hall–Kier alpha value is -3.10. The van der Waals surface area contributed by atoms with E-state index >= 15 is 0 Å². The van der Waals surface area contributed by atoms with E-state index in [-0.39, 0.29) is 18.6 Å². The van der Waals surface area contributed by atoms with E-state index < -0.39 is 0 Å². The number of hydrogen-bond donors (Lipinski definition) is 1. The minimum atomic E-state index is 0.00151. The summed E-state index contributed by atoms with van der Waals surface area (Å²) in [5, 5.41) is 7.69. The number of nitrogens with one attached hydrogen (secondary N) is 1. The highest BCUT2D eigenvalue weighted by Gasteiger charge is 2.26. The van der Waals surface area contributed by atoms with Crippen LogP contribution in [0.2, 0.25) is 5.02 Å². The number of fused-ring (bicyclic) bond motifs is 1. The summed E-state index contributed by atoms with van der Waals surface area (Å²) in [6.07, 6.45) is 1.58. The first-order valence-corrected chi connectivity index (χ1v) is 11.0. The van der Waals surface area contributed by atoms with Gasteiger partial charge in [0.05, 0.1) is 11.6 Å². The molecule has 0 atom stereocenters. The zero-order chi connectivity index (χ0) is 21.9.